The van der Waals surface area contributed by atoms with Gasteiger partial charge in [0, 0.05) is 6.20 Å². The van der Waals surface area contributed by atoms with Gasteiger partial charge in [-0.25, -0.2) is 0 Å². The van der Waals surface area contributed by atoms with Crippen molar-refractivity contribution in [3.63, 3.8) is 0 Å². The van der Waals surface area contributed by atoms with Crippen LogP contribution in [0.15, 0.2) is 45.8 Å². The van der Waals surface area contributed by atoms with Crippen molar-refractivity contribution in [3.05, 3.63) is 60.5 Å². The predicted octanol–water partition coefficient (Wildman–Crippen LogP) is 3.27. The predicted molar refractivity (Wildman–Crippen MR) is 83.2 cm³/mol. The number of hydrogen-bond acceptors (Lipinski definition) is 2. The summed E-state index contributed by atoms with van der Waals surface area (Å²) in [6, 6.07) is 9.49. The number of aromatic nitrogens is 1. The second-order valence-electron chi connectivity index (χ2n) is 3.76. The fraction of sp³-hybridized carbons (Fsp3) is 0.154. The molecule has 0 N–H and O–H groups in total. The van der Waals surface area contributed by atoms with Crippen LogP contribution >= 0.6 is 38.5 Å². The van der Waals surface area contributed by atoms with Crippen LogP contribution in [0.5, 0.6) is 5.75 Å². The maximum absolute atomic E-state index is 11.9. The zero-order valence-corrected chi connectivity index (χ0v) is 13.4. The zero-order chi connectivity index (χ0) is 13.1. The van der Waals surface area contributed by atoms with Crippen molar-refractivity contribution in [2.75, 3.05) is 7.11 Å². The van der Waals surface area contributed by atoms with E-state index in [1.807, 2.05) is 52.9 Å². The van der Waals surface area contributed by atoms with E-state index in [1.165, 1.54) is 0 Å². The van der Waals surface area contributed by atoms with Gasteiger partial charge in [0.25, 0.3) is 5.56 Å². The first-order chi connectivity index (χ1) is 8.61. The second kappa shape index (κ2) is 5.88. The molecule has 0 saturated heterocycles. The van der Waals surface area contributed by atoms with E-state index in [0.29, 0.717) is 6.54 Å². The Morgan fingerprint density at radius 3 is 2.83 bits per heavy atom. The number of pyridine rings is 1. The Morgan fingerprint density at radius 1 is 1.39 bits per heavy atom. The average Bonchev–Trinajstić information content (AvgIpc) is 2.35. The minimum atomic E-state index is 0.0324. The normalized spacial score (nSPS) is 10.4. The summed E-state index contributed by atoms with van der Waals surface area (Å²) in [5, 5.41) is 0. The lowest BCUT2D eigenvalue weighted by atomic mass is 10.2. The van der Waals surface area contributed by atoms with Gasteiger partial charge in [0.05, 0.1) is 21.7 Å². The van der Waals surface area contributed by atoms with E-state index in [9.17, 15) is 4.79 Å². The lowest BCUT2D eigenvalue weighted by Gasteiger charge is -2.08. The Labute approximate surface area is 127 Å². The summed E-state index contributed by atoms with van der Waals surface area (Å²) < 4.78 is 8.48. The van der Waals surface area contributed by atoms with Crippen LogP contribution in [-0.2, 0) is 6.54 Å². The van der Waals surface area contributed by atoms with E-state index in [4.69, 9.17) is 4.74 Å². The van der Waals surface area contributed by atoms with Crippen LogP contribution in [0.2, 0.25) is 0 Å². The third-order valence-electron chi connectivity index (χ3n) is 2.54. The molecule has 1 aromatic carbocycles. The van der Waals surface area contributed by atoms with E-state index in [-0.39, 0.29) is 5.56 Å². The average molecular weight is 420 g/mol. The van der Waals surface area contributed by atoms with Gasteiger partial charge >= 0.3 is 0 Å². The molecule has 0 spiro atoms. The smallest absolute Gasteiger partial charge is 0.264 e. The van der Waals surface area contributed by atoms with Crippen molar-refractivity contribution in [1.82, 2.24) is 4.57 Å². The van der Waals surface area contributed by atoms with Gasteiger partial charge in [-0.1, -0.05) is 6.07 Å². The number of hydrogen-bond donors (Lipinski definition) is 0. The summed E-state index contributed by atoms with van der Waals surface area (Å²) in [6.45, 7) is 0.554. The van der Waals surface area contributed by atoms with Crippen molar-refractivity contribution < 1.29 is 4.74 Å². The van der Waals surface area contributed by atoms with Gasteiger partial charge in [-0.05, 0) is 68.3 Å². The summed E-state index contributed by atoms with van der Waals surface area (Å²) in [6.07, 6.45) is 1.79. The number of halogens is 2. The Kier molecular flexibility index (Phi) is 4.45. The number of methoxy groups -OCH3 is 1. The maximum Gasteiger partial charge on any atom is 0.264 e. The fourth-order valence-corrected chi connectivity index (χ4v) is 2.74. The molecule has 0 radical (unpaired) electrons. The van der Waals surface area contributed by atoms with Crippen LogP contribution < -0.4 is 10.3 Å². The molecule has 94 valence electrons. The molecule has 1 heterocycles. The summed E-state index contributed by atoms with van der Waals surface area (Å²) in [4.78, 5) is 11.9. The largest absolute Gasteiger partial charge is 0.496 e. The van der Waals surface area contributed by atoms with Crippen LogP contribution in [-0.4, -0.2) is 11.7 Å². The third-order valence-corrected chi connectivity index (χ3v) is 3.98. The minimum Gasteiger partial charge on any atom is -0.496 e. The van der Waals surface area contributed by atoms with Crippen LogP contribution in [0.25, 0.3) is 0 Å². The van der Waals surface area contributed by atoms with Crippen molar-refractivity contribution in [3.8, 4) is 5.75 Å². The molecular formula is C13H11BrINO2. The van der Waals surface area contributed by atoms with E-state index < -0.39 is 0 Å². The van der Waals surface area contributed by atoms with E-state index in [1.54, 1.807) is 17.9 Å². The molecule has 0 unspecified atom stereocenters. The number of benzene rings is 1. The van der Waals surface area contributed by atoms with Crippen LogP contribution in [0.1, 0.15) is 5.56 Å². The number of nitrogens with zero attached hydrogens (tertiary/aromatic N) is 1. The first-order valence-electron chi connectivity index (χ1n) is 5.29. The first kappa shape index (κ1) is 13.6. The van der Waals surface area contributed by atoms with Crippen molar-refractivity contribution >= 4 is 38.5 Å². The molecule has 2 aromatic rings. The van der Waals surface area contributed by atoms with Gasteiger partial charge in [0.15, 0.2) is 0 Å². The number of rotatable bonds is 3. The Morgan fingerprint density at radius 2 is 2.17 bits per heavy atom. The molecule has 5 heteroatoms. The monoisotopic (exact) mass is 419 g/mol. The van der Waals surface area contributed by atoms with Crippen molar-refractivity contribution in [1.29, 1.82) is 0 Å². The van der Waals surface area contributed by atoms with E-state index >= 15 is 0 Å². The first-order valence-corrected chi connectivity index (χ1v) is 7.16. The maximum atomic E-state index is 11.9. The topological polar surface area (TPSA) is 31.2 Å². The van der Waals surface area contributed by atoms with Gasteiger partial charge in [-0.2, -0.15) is 0 Å². The van der Waals surface area contributed by atoms with Crippen LogP contribution in [0.3, 0.4) is 0 Å². The van der Waals surface area contributed by atoms with Crippen molar-refractivity contribution in [2.24, 2.45) is 0 Å². The molecule has 0 saturated carbocycles. The zero-order valence-electron chi connectivity index (χ0n) is 9.69. The lowest BCUT2D eigenvalue weighted by molar-refractivity contribution is 0.412. The van der Waals surface area contributed by atoms with Gasteiger partial charge in [-0.3, -0.25) is 4.79 Å². The molecule has 0 aliphatic heterocycles. The summed E-state index contributed by atoms with van der Waals surface area (Å²) >= 11 is 5.49. The second-order valence-corrected chi connectivity index (χ2v) is 5.77. The molecule has 1 aromatic heterocycles. The Balaban J connectivity index is 2.32. The highest BCUT2D eigenvalue weighted by Crippen LogP contribution is 2.25. The SMILES string of the molecule is COc1ccc(Cn2cccc(I)c2=O)cc1Br. The molecule has 0 aliphatic carbocycles. The molecular weight excluding hydrogens is 409 g/mol. The van der Waals surface area contributed by atoms with Gasteiger partial charge in [0.2, 0.25) is 0 Å². The van der Waals surface area contributed by atoms with Crippen LogP contribution in [0.4, 0.5) is 0 Å². The summed E-state index contributed by atoms with van der Waals surface area (Å²) in [5.41, 5.74) is 1.08. The quantitative estimate of drug-likeness (QED) is 0.715. The fourth-order valence-electron chi connectivity index (χ4n) is 1.64. The highest BCUT2D eigenvalue weighted by Gasteiger charge is 2.04. The van der Waals surface area contributed by atoms with E-state index in [2.05, 4.69) is 15.9 Å². The molecule has 3 nitrogen and oxygen atoms in total. The highest BCUT2D eigenvalue weighted by molar-refractivity contribution is 14.1. The molecule has 0 amide bonds. The molecule has 18 heavy (non-hydrogen) atoms. The van der Waals surface area contributed by atoms with Crippen LogP contribution in [0, 0.1) is 3.57 Å². The standard InChI is InChI=1S/C13H11BrINO2/c1-18-12-5-4-9(7-10(12)14)8-16-6-2-3-11(15)13(16)17/h2-7H,8H2,1H3. The van der Waals surface area contributed by atoms with Gasteiger partial charge in [0.1, 0.15) is 5.75 Å². The highest BCUT2D eigenvalue weighted by atomic mass is 127. The molecule has 0 fully saturated rings. The Hall–Kier alpha value is -0.820. The lowest BCUT2D eigenvalue weighted by Crippen LogP contribution is -2.21. The molecule has 0 aliphatic rings. The van der Waals surface area contributed by atoms with E-state index in [0.717, 1.165) is 19.4 Å². The van der Waals surface area contributed by atoms with Crippen molar-refractivity contribution in [2.45, 2.75) is 6.54 Å². The summed E-state index contributed by atoms with van der Waals surface area (Å²) in [7, 11) is 1.63. The van der Waals surface area contributed by atoms with Gasteiger partial charge in [-0.15, -0.1) is 0 Å². The minimum absolute atomic E-state index is 0.0324. The number of ether oxygens (including phenoxy) is 1. The Bertz CT molecular complexity index is 625. The third kappa shape index (κ3) is 2.95. The molecule has 0 atom stereocenters. The van der Waals surface area contributed by atoms with Gasteiger partial charge < -0.3 is 9.30 Å². The molecule has 2 rings (SSSR count). The summed E-state index contributed by atoms with van der Waals surface area (Å²) in [5.74, 6) is 0.786. The molecule has 0 bridgehead atoms.